The highest BCUT2D eigenvalue weighted by Crippen LogP contribution is 2.29. The topological polar surface area (TPSA) is 0 Å². The Balaban J connectivity index is 2.22. The molecule has 0 radical (unpaired) electrons. The third-order valence-electron chi connectivity index (χ3n) is 2.75. The van der Waals surface area contributed by atoms with E-state index in [9.17, 15) is 0 Å². The van der Waals surface area contributed by atoms with Crippen molar-refractivity contribution in [1.29, 1.82) is 0 Å². The van der Waals surface area contributed by atoms with Crippen LogP contribution in [0.2, 0.25) is 0 Å². The molecule has 0 saturated carbocycles. The van der Waals surface area contributed by atoms with Crippen LogP contribution in [-0.2, 0) is 6.42 Å². The van der Waals surface area contributed by atoms with E-state index in [1.807, 2.05) is 0 Å². The van der Waals surface area contributed by atoms with Crippen LogP contribution in [0.15, 0.2) is 30.3 Å². The van der Waals surface area contributed by atoms with Crippen molar-refractivity contribution < 1.29 is 0 Å². The van der Waals surface area contributed by atoms with E-state index < -0.39 is 0 Å². The first kappa shape index (κ1) is 9.79. The van der Waals surface area contributed by atoms with E-state index in [-0.39, 0.29) is 0 Å². The van der Waals surface area contributed by atoms with Crippen molar-refractivity contribution in [2.45, 2.75) is 25.7 Å². The monoisotopic (exact) mass is 206 g/mol. The van der Waals surface area contributed by atoms with Gasteiger partial charge in [0, 0.05) is 5.88 Å². The first-order valence-electron chi connectivity index (χ1n) is 5.25. The third kappa shape index (κ3) is 2.01. The molecular formula is C13H15Cl. The van der Waals surface area contributed by atoms with Crippen LogP contribution in [0.5, 0.6) is 0 Å². The Morgan fingerprint density at radius 2 is 2.07 bits per heavy atom. The van der Waals surface area contributed by atoms with Gasteiger partial charge in [-0.2, -0.15) is 0 Å². The standard InChI is InChI=1S/C13H15Cl/c14-10-4-8-12-7-3-6-11-5-1-2-9-13(11)12/h1-2,5,7,9H,3-4,6,8,10H2. The summed E-state index contributed by atoms with van der Waals surface area (Å²) < 4.78 is 0. The average Bonchev–Trinajstić information content (AvgIpc) is 2.26. The minimum absolute atomic E-state index is 0.763. The van der Waals surface area contributed by atoms with Crippen molar-refractivity contribution in [1.82, 2.24) is 0 Å². The molecule has 0 heterocycles. The van der Waals surface area contributed by atoms with Crippen molar-refractivity contribution in [2.75, 3.05) is 5.88 Å². The SMILES string of the molecule is ClCCCC1=CCCc2ccccc21. The Hall–Kier alpha value is -0.750. The highest BCUT2D eigenvalue weighted by Gasteiger charge is 2.10. The van der Waals surface area contributed by atoms with Crippen LogP contribution in [0.1, 0.15) is 30.4 Å². The molecule has 0 bridgehead atoms. The molecule has 2 rings (SSSR count). The van der Waals surface area contributed by atoms with Gasteiger partial charge >= 0.3 is 0 Å². The lowest BCUT2D eigenvalue weighted by Crippen LogP contribution is -1.99. The van der Waals surface area contributed by atoms with Gasteiger partial charge in [0.25, 0.3) is 0 Å². The van der Waals surface area contributed by atoms with E-state index in [4.69, 9.17) is 11.6 Å². The molecule has 0 unspecified atom stereocenters. The lowest BCUT2D eigenvalue weighted by molar-refractivity contribution is 0.924. The van der Waals surface area contributed by atoms with Crippen LogP contribution in [0, 0.1) is 0 Å². The summed E-state index contributed by atoms with van der Waals surface area (Å²) in [4.78, 5) is 0. The van der Waals surface area contributed by atoms with Crippen LogP contribution in [0.4, 0.5) is 0 Å². The minimum Gasteiger partial charge on any atom is -0.127 e. The molecule has 74 valence electrons. The number of hydrogen-bond donors (Lipinski definition) is 0. The molecule has 0 nitrogen and oxygen atoms in total. The van der Waals surface area contributed by atoms with Gasteiger partial charge in [-0.15, -0.1) is 11.6 Å². The van der Waals surface area contributed by atoms with Crippen molar-refractivity contribution in [2.24, 2.45) is 0 Å². The van der Waals surface area contributed by atoms with E-state index in [0.717, 1.165) is 18.7 Å². The van der Waals surface area contributed by atoms with E-state index in [0.29, 0.717) is 0 Å². The maximum Gasteiger partial charge on any atom is 0.0226 e. The number of benzene rings is 1. The first-order valence-corrected chi connectivity index (χ1v) is 5.78. The van der Waals surface area contributed by atoms with Gasteiger partial charge in [0.2, 0.25) is 0 Å². The molecular weight excluding hydrogens is 192 g/mol. The van der Waals surface area contributed by atoms with Gasteiger partial charge in [-0.3, -0.25) is 0 Å². The Morgan fingerprint density at radius 1 is 1.21 bits per heavy atom. The van der Waals surface area contributed by atoms with Crippen molar-refractivity contribution in [3.63, 3.8) is 0 Å². The second kappa shape index (κ2) is 4.65. The van der Waals surface area contributed by atoms with Gasteiger partial charge < -0.3 is 0 Å². The van der Waals surface area contributed by atoms with Gasteiger partial charge in [-0.1, -0.05) is 30.3 Å². The van der Waals surface area contributed by atoms with Gasteiger partial charge in [-0.05, 0) is 42.4 Å². The first-order chi connectivity index (χ1) is 6.92. The van der Waals surface area contributed by atoms with Gasteiger partial charge in [-0.25, -0.2) is 0 Å². The molecule has 0 aliphatic heterocycles. The van der Waals surface area contributed by atoms with E-state index in [1.54, 1.807) is 0 Å². The number of allylic oxidation sites excluding steroid dienone is 2. The molecule has 0 spiro atoms. The molecule has 1 aliphatic rings. The van der Waals surface area contributed by atoms with E-state index in [2.05, 4.69) is 30.3 Å². The number of halogens is 1. The zero-order valence-corrected chi connectivity index (χ0v) is 9.06. The zero-order valence-electron chi connectivity index (χ0n) is 8.30. The lowest BCUT2D eigenvalue weighted by Gasteiger charge is -2.17. The number of rotatable bonds is 3. The Kier molecular flexibility index (Phi) is 3.26. The summed E-state index contributed by atoms with van der Waals surface area (Å²) in [6, 6.07) is 8.72. The highest BCUT2D eigenvalue weighted by molar-refractivity contribution is 6.17. The third-order valence-corrected chi connectivity index (χ3v) is 3.01. The van der Waals surface area contributed by atoms with Crippen molar-refractivity contribution >= 4 is 17.2 Å². The predicted octanol–water partition coefficient (Wildman–Crippen LogP) is 4.04. The van der Waals surface area contributed by atoms with Crippen LogP contribution >= 0.6 is 11.6 Å². The molecule has 0 fully saturated rings. The molecule has 0 N–H and O–H groups in total. The quantitative estimate of drug-likeness (QED) is 0.655. The lowest BCUT2D eigenvalue weighted by atomic mass is 9.89. The van der Waals surface area contributed by atoms with Crippen molar-refractivity contribution in [3.8, 4) is 0 Å². The highest BCUT2D eigenvalue weighted by atomic mass is 35.5. The Bertz CT molecular complexity index is 339. The fraction of sp³-hybridized carbons (Fsp3) is 0.385. The normalized spacial score (nSPS) is 14.8. The summed E-state index contributed by atoms with van der Waals surface area (Å²) in [5.41, 5.74) is 4.44. The maximum absolute atomic E-state index is 5.72. The second-order valence-corrected chi connectivity index (χ2v) is 4.10. The van der Waals surface area contributed by atoms with E-state index in [1.165, 1.54) is 29.5 Å². The fourth-order valence-electron chi connectivity index (χ4n) is 2.06. The minimum atomic E-state index is 0.763. The Labute approximate surface area is 90.6 Å². The summed E-state index contributed by atoms with van der Waals surface area (Å²) in [7, 11) is 0. The van der Waals surface area contributed by atoms with E-state index >= 15 is 0 Å². The summed E-state index contributed by atoms with van der Waals surface area (Å²) in [6.07, 6.45) is 6.96. The summed E-state index contributed by atoms with van der Waals surface area (Å²) in [5.74, 6) is 0.763. The molecule has 0 saturated heterocycles. The maximum atomic E-state index is 5.72. The largest absolute Gasteiger partial charge is 0.127 e. The summed E-state index contributed by atoms with van der Waals surface area (Å²) in [6.45, 7) is 0. The smallest absolute Gasteiger partial charge is 0.0226 e. The molecule has 1 aromatic carbocycles. The molecule has 1 heteroatoms. The van der Waals surface area contributed by atoms with Crippen LogP contribution in [-0.4, -0.2) is 5.88 Å². The molecule has 14 heavy (non-hydrogen) atoms. The average molecular weight is 207 g/mol. The zero-order chi connectivity index (χ0) is 9.80. The number of fused-ring (bicyclic) bond motifs is 1. The van der Waals surface area contributed by atoms with Crippen LogP contribution in [0.25, 0.3) is 5.57 Å². The molecule has 1 aliphatic carbocycles. The second-order valence-electron chi connectivity index (χ2n) is 3.72. The number of hydrogen-bond acceptors (Lipinski definition) is 0. The molecule has 0 atom stereocenters. The van der Waals surface area contributed by atoms with Gasteiger partial charge in [0.1, 0.15) is 0 Å². The van der Waals surface area contributed by atoms with Crippen LogP contribution in [0.3, 0.4) is 0 Å². The molecule has 0 amide bonds. The number of aryl methyl sites for hydroxylation is 1. The predicted molar refractivity (Wildman–Crippen MR) is 62.7 cm³/mol. The van der Waals surface area contributed by atoms with Crippen molar-refractivity contribution in [3.05, 3.63) is 41.5 Å². The summed E-state index contributed by atoms with van der Waals surface area (Å²) in [5, 5.41) is 0. The van der Waals surface area contributed by atoms with Gasteiger partial charge in [0.05, 0.1) is 0 Å². The molecule has 0 aromatic heterocycles. The van der Waals surface area contributed by atoms with Gasteiger partial charge in [0.15, 0.2) is 0 Å². The fourth-order valence-corrected chi connectivity index (χ4v) is 2.19. The molecule has 1 aromatic rings. The summed E-state index contributed by atoms with van der Waals surface area (Å²) >= 11 is 5.72. The Morgan fingerprint density at radius 3 is 2.93 bits per heavy atom. The number of alkyl halides is 1. The van der Waals surface area contributed by atoms with Crippen LogP contribution < -0.4 is 0 Å².